The number of nitrogens with zero attached hydrogens (tertiary/aromatic N) is 2. The van der Waals surface area contributed by atoms with E-state index in [0.717, 1.165) is 17.0 Å². The van der Waals surface area contributed by atoms with Crippen molar-refractivity contribution in [3.05, 3.63) is 71.2 Å². The molecule has 0 unspecified atom stereocenters. The van der Waals surface area contributed by atoms with Crippen LogP contribution < -0.4 is 15.5 Å². The molecule has 3 rings (SSSR count). The molecule has 0 aliphatic heterocycles. The number of carbonyl (C=O) groups excluding carboxylic acids is 1. The lowest BCUT2D eigenvalue weighted by Gasteiger charge is -2.03. The fourth-order valence-electron chi connectivity index (χ4n) is 2.00. The Hall–Kier alpha value is -3.19. The Morgan fingerprint density at radius 1 is 1.16 bits per heavy atom. The van der Waals surface area contributed by atoms with Gasteiger partial charge in [0.05, 0.1) is 13.3 Å². The highest BCUT2D eigenvalue weighted by Gasteiger charge is 2.10. The van der Waals surface area contributed by atoms with E-state index >= 15 is 0 Å². The van der Waals surface area contributed by atoms with E-state index in [1.807, 2.05) is 54.6 Å². The minimum absolute atomic E-state index is 0.311. The van der Waals surface area contributed by atoms with E-state index in [1.165, 1.54) is 11.3 Å². The summed E-state index contributed by atoms with van der Waals surface area (Å²) < 4.78 is 5.12. The van der Waals surface area contributed by atoms with Crippen LogP contribution in [0.3, 0.4) is 0 Å². The quantitative estimate of drug-likeness (QED) is 0.524. The second-order valence-corrected chi connectivity index (χ2v) is 5.86. The number of amides is 1. The number of aromatic nitrogens is 1. The van der Waals surface area contributed by atoms with Gasteiger partial charge in [0.25, 0.3) is 5.91 Å². The first-order chi connectivity index (χ1) is 12.2. The largest absolute Gasteiger partial charge is 0.497 e. The molecule has 0 bridgehead atoms. The van der Waals surface area contributed by atoms with Crippen LogP contribution in [0, 0.1) is 0 Å². The van der Waals surface area contributed by atoms with Crippen LogP contribution in [0.25, 0.3) is 0 Å². The zero-order valence-electron chi connectivity index (χ0n) is 13.5. The maximum absolute atomic E-state index is 12.1. The Kier molecular flexibility index (Phi) is 5.38. The van der Waals surface area contributed by atoms with Crippen LogP contribution >= 0.6 is 11.3 Å². The van der Waals surface area contributed by atoms with Gasteiger partial charge in [0, 0.05) is 11.1 Å². The van der Waals surface area contributed by atoms with Crippen LogP contribution in [-0.4, -0.2) is 24.2 Å². The summed E-state index contributed by atoms with van der Waals surface area (Å²) in [4.78, 5) is 16.3. The average Bonchev–Trinajstić information content (AvgIpc) is 3.12. The summed E-state index contributed by atoms with van der Waals surface area (Å²) in [5, 5.41) is 9.39. The number of nitrogens with one attached hydrogen (secondary N) is 2. The van der Waals surface area contributed by atoms with Crippen LogP contribution in [0.4, 0.5) is 10.8 Å². The third kappa shape index (κ3) is 4.65. The Balaban J connectivity index is 1.58. The van der Waals surface area contributed by atoms with Gasteiger partial charge in [-0.15, -0.1) is 11.3 Å². The molecule has 1 amide bonds. The highest BCUT2D eigenvalue weighted by atomic mass is 32.1. The molecule has 1 heterocycles. The fourth-order valence-corrected chi connectivity index (χ4v) is 2.71. The Morgan fingerprint density at radius 2 is 1.92 bits per heavy atom. The first-order valence-corrected chi connectivity index (χ1v) is 8.37. The van der Waals surface area contributed by atoms with E-state index in [0.29, 0.717) is 10.8 Å². The number of rotatable bonds is 6. The maximum Gasteiger partial charge on any atom is 0.290 e. The Labute approximate surface area is 149 Å². The molecule has 2 N–H and O–H groups in total. The monoisotopic (exact) mass is 352 g/mol. The van der Waals surface area contributed by atoms with Crippen LogP contribution in [0.2, 0.25) is 0 Å². The normalized spacial score (nSPS) is 10.6. The molecule has 25 heavy (non-hydrogen) atoms. The lowest BCUT2D eigenvalue weighted by Crippen LogP contribution is -2.18. The van der Waals surface area contributed by atoms with Gasteiger partial charge in [0.15, 0.2) is 5.13 Å². The second kappa shape index (κ2) is 8.07. The molecule has 126 valence electrons. The molecule has 6 nitrogen and oxygen atoms in total. The van der Waals surface area contributed by atoms with E-state index < -0.39 is 0 Å². The molecule has 0 aliphatic carbocycles. The van der Waals surface area contributed by atoms with Gasteiger partial charge in [-0.1, -0.05) is 30.3 Å². The van der Waals surface area contributed by atoms with Crippen molar-refractivity contribution in [2.45, 2.75) is 0 Å². The highest BCUT2D eigenvalue weighted by molar-refractivity contribution is 7.14. The van der Waals surface area contributed by atoms with E-state index in [9.17, 15) is 4.79 Å². The SMILES string of the molecule is COc1ccc(Nc2nc(C(=O)N/N=C/c3ccccc3)cs2)cc1. The molecule has 0 aliphatic rings. The molecule has 2 aromatic carbocycles. The number of hydrogen-bond donors (Lipinski definition) is 2. The molecule has 7 heteroatoms. The number of ether oxygens (including phenoxy) is 1. The molecule has 0 spiro atoms. The summed E-state index contributed by atoms with van der Waals surface area (Å²) in [6.07, 6.45) is 1.58. The van der Waals surface area contributed by atoms with E-state index in [2.05, 4.69) is 20.8 Å². The number of hydrogen-bond acceptors (Lipinski definition) is 6. The maximum atomic E-state index is 12.1. The summed E-state index contributed by atoms with van der Waals surface area (Å²) in [7, 11) is 1.62. The molecule has 0 saturated heterocycles. The lowest BCUT2D eigenvalue weighted by atomic mass is 10.2. The van der Waals surface area contributed by atoms with Crippen molar-refractivity contribution in [3.63, 3.8) is 0 Å². The zero-order valence-corrected chi connectivity index (χ0v) is 14.3. The molecular weight excluding hydrogens is 336 g/mol. The molecule has 0 saturated carbocycles. The van der Waals surface area contributed by atoms with E-state index in [1.54, 1.807) is 18.7 Å². The zero-order chi connectivity index (χ0) is 17.5. The number of thiazole rings is 1. The summed E-state index contributed by atoms with van der Waals surface area (Å²) in [5.41, 5.74) is 4.55. The van der Waals surface area contributed by atoms with Crippen LogP contribution in [0.5, 0.6) is 5.75 Å². The van der Waals surface area contributed by atoms with Crippen LogP contribution in [-0.2, 0) is 0 Å². The van der Waals surface area contributed by atoms with Gasteiger partial charge in [-0.05, 0) is 29.8 Å². The van der Waals surface area contributed by atoms with Gasteiger partial charge in [-0.2, -0.15) is 5.10 Å². The summed E-state index contributed by atoms with van der Waals surface area (Å²) in [5.74, 6) is 0.423. The predicted molar refractivity (Wildman–Crippen MR) is 99.9 cm³/mol. The first-order valence-electron chi connectivity index (χ1n) is 7.49. The van der Waals surface area contributed by atoms with Crippen LogP contribution in [0.15, 0.2) is 65.1 Å². The van der Waals surface area contributed by atoms with Gasteiger partial charge < -0.3 is 10.1 Å². The number of hydrazone groups is 1. The first kappa shape index (κ1) is 16.7. The fraction of sp³-hybridized carbons (Fsp3) is 0.0556. The number of benzene rings is 2. The van der Waals surface area contributed by atoms with E-state index in [-0.39, 0.29) is 5.91 Å². The van der Waals surface area contributed by atoms with Gasteiger partial charge in [0.1, 0.15) is 11.4 Å². The van der Waals surface area contributed by atoms with Crippen molar-refractivity contribution < 1.29 is 9.53 Å². The van der Waals surface area contributed by atoms with Crippen LogP contribution in [0.1, 0.15) is 16.1 Å². The van der Waals surface area contributed by atoms with Crippen molar-refractivity contribution in [3.8, 4) is 5.75 Å². The lowest BCUT2D eigenvalue weighted by molar-refractivity contribution is 0.0951. The molecule has 3 aromatic rings. The molecule has 0 atom stereocenters. The van der Waals surface area contributed by atoms with Gasteiger partial charge >= 0.3 is 0 Å². The van der Waals surface area contributed by atoms with E-state index in [4.69, 9.17) is 4.74 Å². The minimum Gasteiger partial charge on any atom is -0.497 e. The van der Waals surface area contributed by atoms with Gasteiger partial charge in [-0.25, -0.2) is 10.4 Å². The van der Waals surface area contributed by atoms with Crippen molar-refractivity contribution in [1.29, 1.82) is 0 Å². The minimum atomic E-state index is -0.355. The molecule has 0 radical (unpaired) electrons. The average molecular weight is 352 g/mol. The van der Waals surface area contributed by atoms with Gasteiger partial charge in [-0.3, -0.25) is 4.79 Å². The molecule has 1 aromatic heterocycles. The Morgan fingerprint density at radius 3 is 2.64 bits per heavy atom. The van der Waals surface area contributed by atoms with Crippen molar-refractivity contribution in [1.82, 2.24) is 10.4 Å². The molecular formula is C18H16N4O2S. The topological polar surface area (TPSA) is 75.6 Å². The summed E-state index contributed by atoms with van der Waals surface area (Å²) in [6, 6.07) is 17.0. The number of anilines is 2. The second-order valence-electron chi connectivity index (χ2n) is 5.00. The third-order valence-corrected chi connectivity index (χ3v) is 4.02. The predicted octanol–water partition coefficient (Wildman–Crippen LogP) is 3.66. The van der Waals surface area contributed by atoms with Crippen molar-refractivity contribution in [2.24, 2.45) is 5.10 Å². The standard InChI is InChI=1S/C18H16N4O2S/c1-24-15-9-7-14(8-10-15)20-18-21-16(12-25-18)17(23)22-19-11-13-5-3-2-4-6-13/h2-12H,1H3,(H,20,21)(H,22,23)/b19-11+. The number of carbonyl (C=O) groups is 1. The van der Waals surface area contributed by atoms with Gasteiger partial charge in [0.2, 0.25) is 0 Å². The van der Waals surface area contributed by atoms with Crippen molar-refractivity contribution >= 4 is 34.3 Å². The Bertz CT molecular complexity index is 860. The summed E-state index contributed by atoms with van der Waals surface area (Å²) >= 11 is 1.35. The summed E-state index contributed by atoms with van der Waals surface area (Å²) in [6.45, 7) is 0. The number of methoxy groups -OCH3 is 1. The third-order valence-electron chi connectivity index (χ3n) is 3.26. The highest BCUT2D eigenvalue weighted by Crippen LogP contribution is 2.22. The molecule has 0 fully saturated rings. The smallest absolute Gasteiger partial charge is 0.290 e. The van der Waals surface area contributed by atoms with Crippen molar-refractivity contribution in [2.75, 3.05) is 12.4 Å².